The van der Waals surface area contributed by atoms with Gasteiger partial charge in [0.25, 0.3) is 0 Å². The largest absolute Gasteiger partial charge is 0.446 e. The van der Waals surface area contributed by atoms with Gasteiger partial charge in [-0.2, -0.15) is 0 Å². The molecule has 1 rings (SSSR count). The van der Waals surface area contributed by atoms with Gasteiger partial charge < -0.3 is 15.6 Å². The zero-order valence-corrected chi connectivity index (χ0v) is 7.99. The van der Waals surface area contributed by atoms with Gasteiger partial charge in [0.15, 0.2) is 0 Å². The molecule has 14 heavy (non-hydrogen) atoms. The Morgan fingerprint density at radius 1 is 1.79 bits per heavy atom. The summed E-state index contributed by atoms with van der Waals surface area (Å²) in [4.78, 5) is 10.5. The average Bonchev–Trinajstić information content (AvgIpc) is 2.10. The van der Waals surface area contributed by atoms with Gasteiger partial charge >= 0.3 is 6.09 Å². The van der Waals surface area contributed by atoms with Gasteiger partial charge in [0, 0.05) is 18.4 Å². The second-order valence-electron chi connectivity index (χ2n) is 3.32. The molecule has 76 valence electrons. The number of carbonyl (C=O) groups excluding carboxylic acids is 1. The predicted octanol–water partition coefficient (Wildman–Crippen LogP) is 0.555. The van der Waals surface area contributed by atoms with Crippen molar-refractivity contribution in [2.24, 2.45) is 5.73 Å². The lowest BCUT2D eigenvalue weighted by atomic mass is 9.89. The molecule has 2 atom stereocenters. The Balaban J connectivity index is 2.75. The fraction of sp³-hybridized carbons (Fsp3) is 0.500. The van der Waals surface area contributed by atoms with Gasteiger partial charge in [-0.1, -0.05) is 5.92 Å². The first-order chi connectivity index (χ1) is 6.54. The molecular formula is C10H13NO3. The van der Waals surface area contributed by atoms with Gasteiger partial charge in [-0.05, 0) is 12.5 Å². The number of hydrogen-bond donors (Lipinski definition) is 2. The minimum Gasteiger partial charge on any atom is -0.446 e. The lowest BCUT2D eigenvalue weighted by molar-refractivity contribution is 0.0627. The van der Waals surface area contributed by atoms with E-state index in [0.717, 1.165) is 5.57 Å². The summed E-state index contributed by atoms with van der Waals surface area (Å²) >= 11 is 0. The van der Waals surface area contributed by atoms with E-state index in [9.17, 15) is 9.90 Å². The Labute approximate surface area is 82.7 Å². The van der Waals surface area contributed by atoms with Gasteiger partial charge in [-0.15, -0.1) is 6.42 Å². The first-order valence-electron chi connectivity index (χ1n) is 4.35. The third-order valence-corrected chi connectivity index (χ3v) is 2.35. The summed E-state index contributed by atoms with van der Waals surface area (Å²) in [5.41, 5.74) is 6.34. The third-order valence-electron chi connectivity index (χ3n) is 2.35. The van der Waals surface area contributed by atoms with Crippen LogP contribution in [0.15, 0.2) is 11.1 Å². The van der Waals surface area contributed by atoms with Crippen molar-refractivity contribution in [1.82, 2.24) is 0 Å². The second-order valence-corrected chi connectivity index (χ2v) is 3.32. The maximum atomic E-state index is 10.5. The third kappa shape index (κ3) is 2.27. The number of carbonyl (C=O) groups is 1. The summed E-state index contributed by atoms with van der Waals surface area (Å²) in [6, 6.07) is 0. The molecule has 0 radical (unpaired) electrons. The number of ether oxygens (including phenoxy) is 1. The fourth-order valence-electron chi connectivity index (χ4n) is 1.53. The highest BCUT2D eigenvalue weighted by atomic mass is 16.6. The molecule has 0 heterocycles. The van der Waals surface area contributed by atoms with E-state index in [1.165, 1.54) is 0 Å². The van der Waals surface area contributed by atoms with Crippen LogP contribution in [0.4, 0.5) is 4.79 Å². The number of aliphatic hydroxyl groups excluding tert-OH is 1. The lowest BCUT2D eigenvalue weighted by Gasteiger charge is -2.26. The van der Waals surface area contributed by atoms with E-state index in [4.69, 9.17) is 16.9 Å². The molecule has 0 fully saturated rings. The number of terminal acetylenes is 1. The summed E-state index contributed by atoms with van der Waals surface area (Å²) in [6.45, 7) is 1.78. The first-order valence-corrected chi connectivity index (χ1v) is 4.35. The molecule has 0 bridgehead atoms. The van der Waals surface area contributed by atoms with Crippen LogP contribution in [-0.2, 0) is 4.74 Å². The fourth-order valence-corrected chi connectivity index (χ4v) is 1.53. The van der Waals surface area contributed by atoms with Crippen molar-refractivity contribution in [2.75, 3.05) is 0 Å². The number of nitrogens with two attached hydrogens (primary N) is 1. The predicted molar refractivity (Wildman–Crippen MR) is 51.2 cm³/mol. The normalized spacial score (nSPS) is 26.9. The van der Waals surface area contributed by atoms with Crippen LogP contribution in [-0.4, -0.2) is 23.4 Å². The van der Waals surface area contributed by atoms with E-state index >= 15 is 0 Å². The lowest BCUT2D eigenvalue weighted by Crippen LogP contribution is -2.31. The summed E-state index contributed by atoms with van der Waals surface area (Å²) in [7, 11) is 0. The smallest absolute Gasteiger partial charge is 0.404 e. The van der Waals surface area contributed by atoms with Crippen molar-refractivity contribution in [3.63, 3.8) is 0 Å². The van der Waals surface area contributed by atoms with Crippen LogP contribution in [0.3, 0.4) is 0 Å². The molecule has 0 spiro atoms. The Morgan fingerprint density at radius 3 is 2.93 bits per heavy atom. The van der Waals surface area contributed by atoms with Crippen LogP contribution in [0.2, 0.25) is 0 Å². The maximum Gasteiger partial charge on any atom is 0.404 e. The molecule has 1 aliphatic rings. The van der Waals surface area contributed by atoms with E-state index in [1.807, 2.05) is 0 Å². The number of rotatable bonds is 1. The number of amides is 1. The average molecular weight is 195 g/mol. The van der Waals surface area contributed by atoms with Crippen LogP contribution >= 0.6 is 0 Å². The Bertz CT molecular complexity index is 314. The van der Waals surface area contributed by atoms with Crippen molar-refractivity contribution < 1.29 is 14.6 Å². The first kappa shape index (κ1) is 10.6. The molecule has 0 aromatic rings. The van der Waals surface area contributed by atoms with Crippen LogP contribution in [0.1, 0.15) is 19.8 Å². The zero-order valence-electron chi connectivity index (χ0n) is 7.99. The van der Waals surface area contributed by atoms with Crippen molar-refractivity contribution in [3.8, 4) is 12.3 Å². The molecule has 0 saturated carbocycles. The van der Waals surface area contributed by atoms with E-state index in [-0.39, 0.29) is 0 Å². The van der Waals surface area contributed by atoms with Gasteiger partial charge in [-0.3, -0.25) is 0 Å². The molecule has 1 aliphatic carbocycles. The Morgan fingerprint density at radius 2 is 2.43 bits per heavy atom. The van der Waals surface area contributed by atoms with E-state index in [0.29, 0.717) is 18.4 Å². The zero-order chi connectivity index (χ0) is 10.7. The monoisotopic (exact) mass is 195 g/mol. The molecule has 0 aromatic heterocycles. The Hall–Kier alpha value is -1.47. The SMILES string of the molecule is C#CC1=C(C)[C@H](O)C[C@@H](OC(N)=O)C1. The van der Waals surface area contributed by atoms with Crippen molar-refractivity contribution in [1.29, 1.82) is 0 Å². The minimum absolute atomic E-state index is 0.361. The molecule has 0 aromatic carbocycles. The van der Waals surface area contributed by atoms with Crippen molar-refractivity contribution >= 4 is 6.09 Å². The van der Waals surface area contributed by atoms with Crippen LogP contribution in [0.25, 0.3) is 0 Å². The van der Waals surface area contributed by atoms with Gasteiger partial charge in [0.2, 0.25) is 0 Å². The van der Waals surface area contributed by atoms with Crippen LogP contribution in [0.5, 0.6) is 0 Å². The molecule has 0 saturated heterocycles. The molecule has 4 nitrogen and oxygen atoms in total. The standard InChI is InChI=1S/C10H13NO3/c1-3-7-4-8(14-10(11)13)5-9(12)6(7)2/h1,8-9,12H,4-5H2,2H3,(H2,11,13)/t8-,9+/m0/s1. The molecule has 4 heteroatoms. The molecule has 0 unspecified atom stereocenters. The van der Waals surface area contributed by atoms with Crippen molar-refractivity contribution in [3.05, 3.63) is 11.1 Å². The summed E-state index contributed by atoms with van der Waals surface area (Å²) < 4.78 is 4.79. The topological polar surface area (TPSA) is 72.6 Å². The van der Waals surface area contributed by atoms with Crippen LogP contribution < -0.4 is 5.73 Å². The summed E-state index contributed by atoms with van der Waals surface area (Å²) in [5.74, 6) is 2.47. The molecular weight excluding hydrogens is 182 g/mol. The van der Waals surface area contributed by atoms with Crippen LogP contribution in [0, 0.1) is 12.3 Å². The van der Waals surface area contributed by atoms with Gasteiger partial charge in [0.05, 0.1) is 6.10 Å². The van der Waals surface area contributed by atoms with E-state index < -0.39 is 18.3 Å². The highest BCUT2D eigenvalue weighted by molar-refractivity contribution is 5.65. The summed E-state index contributed by atoms with van der Waals surface area (Å²) in [5, 5.41) is 9.58. The highest BCUT2D eigenvalue weighted by Crippen LogP contribution is 2.26. The van der Waals surface area contributed by atoms with E-state index in [1.54, 1.807) is 6.92 Å². The maximum absolute atomic E-state index is 10.5. The minimum atomic E-state index is -0.835. The molecule has 0 aliphatic heterocycles. The molecule has 1 amide bonds. The van der Waals surface area contributed by atoms with Gasteiger partial charge in [0.1, 0.15) is 6.10 Å². The summed E-state index contributed by atoms with van der Waals surface area (Å²) in [6.07, 6.45) is 4.20. The highest BCUT2D eigenvalue weighted by Gasteiger charge is 2.26. The quantitative estimate of drug-likeness (QED) is 0.600. The number of primary amides is 1. The number of aliphatic hydroxyl groups is 1. The second kappa shape index (κ2) is 4.16. The van der Waals surface area contributed by atoms with Gasteiger partial charge in [-0.25, -0.2) is 4.79 Å². The van der Waals surface area contributed by atoms with Crippen molar-refractivity contribution in [2.45, 2.75) is 32.0 Å². The Kier molecular flexibility index (Phi) is 3.15. The molecule has 3 N–H and O–H groups in total. The number of hydrogen-bond acceptors (Lipinski definition) is 3. The van der Waals surface area contributed by atoms with E-state index in [2.05, 4.69) is 5.92 Å².